The van der Waals surface area contributed by atoms with E-state index in [9.17, 15) is 0 Å². The second-order valence-electron chi connectivity index (χ2n) is 4.63. The van der Waals surface area contributed by atoms with E-state index in [1.165, 1.54) is 5.57 Å². The van der Waals surface area contributed by atoms with E-state index >= 15 is 0 Å². The molecule has 0 aromatic carbocycles. The normalized spacial score (nSPS) is 14.2. The first-order valence-corrected chi connectivity index (χ1v) is 5.25. The van der Waals surface area contributed by atoms with Gasteiger partial charge in [0.2, 0.25) is 0 Å². The van der Waals surface area contributed by atoms with Crippen LogP contribution in [0.3, 0.4) is 0 Å². The zero-order chi connectivity index (χ0) is 10.6. The topological polar surface area (TPSA) is 3.24 Å². The molecule has 0 rings (SSSR count). The number of rotatable bonds is 5. The molecule has 0 aliphatic rings. The van der Waals surface area contributed by atoms with E-state index in [2.05, 4.69) is 53.1 Å². The SMILES string of the molecule is C=C(CC(C)N(C)C(C)C)C(C)C. The highest BCUT2D eigenvalue weighted by molar-refractivity contribution is 5.00. The van der Waals surface area contributed by atoms with Gasteiger partial charge in [-0.3, -0.25) is 0 Å². The third-order valence-electron chi connectivity index (χ3n) is 2.88. The molecular formula is C12H25N. The van der Waals surface area contributed by atoms with Gasteiger partial charge in [-0.1, -0.05) is 26.0 Å². The summed E-state index contributed by atoms with van der Waals surface area (Å²) in [6.07, 6.45) is 1.12. The van der Waals surface area contributed by atoms with Gasteiger partial charge >= 0.3 is 0 Å². The number of nitrogens with zero attached hydrogens (tertiary/aromatic N) is 1. The lowest BCUT2D eigenvalue weighted by Gasteiger charge is -2.29. The van der Waals surface area contributed by atoms with Crippen molar-refractivity contribution in [2.24, 2.45) is 5.92 Å². The molecule has 0 radical (unpaired) electrons. The summed E-state index contributed by atoms with van der Waals surface area (Å²) in [5.74, 6) is 0.614. The third kappa shape index (κ3) is 4.47. The third-order valence-corrected chi connectivity index (χ3v) is 2.88. The summed E-state index contributed by atoms with van der Waals surface area (Å²) in [7, 11) is 2.18. The van der Waals surface area contributed by atoms with Gasteiger partial charge in [-0.15, -0.1) is 0 Å². The van der Waals surface area contributed by atoms with E-state index in [-0.39, 0.29) is 0 Å². The molecule has 0 N–H and O–H groups in total. The van der Waals surface area contributed by atoms with Gasteiger partial charge in [0.25, 0.3) is 0 Å². The average Bonchev–Trinajstić information content (AvgIpc) is 2.02. The van der Waals surface area contributed by atoms with Crippen molar-refractivity contribution in [3.8, 4) is 0 Å². The molecule has 0 aromatic rings. The maximum Gasteiger partial charge on any atom is 0.0104 e. The predicted octanol–water partition coefficient (Wildman–Crippen LogP) is 3.32. The highest BCUT2D eigenvalue weighted by atomic mass is 15.1. The van der Waals surface area contributed by atoms with Crippen molar-refractivity contribution in [3.63, 3.8) is 0 Å². The van der Waals surface area contributed by atoms with Crippen molar-refractivity contribution in [1.29, 1.82) is 0 Å². The van der Waals surface area contributed by atoms with Crippen molar-refractivity contribution in [2.75, 3.05) is 7.05 Å². The van der Waals surface area contributed by atoms with Crippen LogP contribution in [0.15, 0.2) is 12.2 Å². The molecular weight excluding hydrogens is 158 g/mol. The van der Waals surface area contributed by atoms with E-state index in [1.54, 1.807) is 0 Å². The number of hydrogen-bond donors (Lipinski definition) is 0. The van der Waals surface area contributed by atoms with Gasteiger partial charge in [0.15, 0.2) is 0 Å². The summed E-state index contributed by atoms with van der Waals surface area (Å²) in [6, 6.07) is 1.23. The lowest BCUT2D eigenvalue weighted by molar-refractivity contribution is 0.205. The quantitative estimate of drug-likeness (QED) is 0.591. The van der Waals surface area contributed by atoms with Crippen molar-refractivity contribution in [3.05, 3.63) is 12.2 Å². The smallest absolute Gasteiger partial charge is 0.0104 e. The van der Waals surface area contributed by atoms with Crippen LogP contribution in [0.1, 0.15) is 41.0 Å². The van der Waals surface area contributed by atoms with Crippen LogP contribution in [-0.4, -0.2) is 24.0 Å². The van der Waals surface area contributed by atoms with Gasteiger partial charge in [-0.05, 0) is 40.2 Å². The van der Waals surface area contributed by atoms with Crippen LogP contribution in [0, 0.1) is 5.92 Å². The molecule has 0 heterocycles. The lowest BCUT2D eigenvalue weighted by atomic mass is 9.97. The molecule has 0 amide bonds. The first kappa shape index (κ1) is 12.7. The molecule has 0 aromatic heterocycles. The second-order valence-corrected chi connectivity index (χ2v) is 4.63. The van der Waals surface area contributed by atoms with Crippen molar-refractivity contribution >= 4 is 0 Å². The van der Waals surface area contributed by atoms with Gasteiger partial charge in [0.1, 0.15) is 0 Å². The fourth-order valence-corrected chi connectivity index (χ4v) is 1.27. The Morgan fingerprint density at radius 2 is 1.62 bits per heavy atom. The minimum atomic E-state index is 0.606. The Bertz CT molecular complexity index is 159. The minimum absolute atomic E-state index is 0.606. The highest BCUT2D eigenvalue weighted by Crippen LogP contribution is 2.17. The highest BCUT2D eigenvalue weighted by Gasteiger charge is 2.14. The van der Waals surface area contributed by atoms with Crippen molar-refractivity contribution < 1.29 is 0 Å². The zero-order valence-electron chi connectivity index (χ0n) is 10.1. The molecule has 1 unspecified atom stereocenters. The molecule has 78 valence electrons. The van der Waals surface area contributed by atoms with Gasteiger partial charge in [0.05, 0.1) is 0 Å². The van der Waals surface area contributed by atoms with Crippen molar-refractivity contribution in [1.82, 2.24) is 4.90 Å². The minimum Gasteiger partial charge on any atom is -0.301 e. The van der Waals surface area contributed by atoms with Crippen LogP contribution in [0.2, 0.25) is 0 Å². The van der Waals surface area contributed by atoms with E-state index in [1.807, 2.05) is 0 Å². The molecule has 0 saturated carbocycles. The van der Waals surface area contributed by atoms with Crippen LogP contribution in [0.4, 0.5) is 0 Å². The standard InChI is InChI=1S/C12H25N/c1-9(2)11(5)8-12(6)13(7)10(3)4/h9-10,12H,5,8H2,1-4,6-7H3. The summed E-state index contributed by atoms with van der Waals surface area (Å²) in [6.45, 7) is 15.3. The van der Waals surface area contributed by atoms with Gasteiger partial charge in [-0.25, -0.2) is 0 Å². The first-order chi connectivity index (χ1) is 5.86. The summed E-state index contributed by atoms with van der Waals surface area (Å²) >= 11 is 0. The average molecular weight is 183 g/mol. The van der Waals surface area contributed by atoms with Gasteiger partial charge in [0, 0.05) is 12.1 Å². The van der Waals surface area contributed by atoms with Crippen LogP contribution >= 0.6 is 0 Å². The Balaban J connectivity index is 4.00. The Labute approximate surface area is 83.8 Å². The van der Waals surface area contributed by atoms with E-state index in [0.717, 1.165) is 6.42 Å². The predicted molar refractivity (Wildman–Crippen MR) is 61.0 cm³/mol. The Kier molecular flexibility index (Phi) is 5.31. The van der Waals surface area contributed by atoms with Crippen molar-refractivity contribution in [2.45, 2.75) is 53.1 Å². The monoisotopic (exact) mass is 183 g/mol. The fourth-order valence-electron chi connectivity index (χ4n) is 1.27. The van der Waals surface area contributed by atoms with Crippen LogP contribution in [0.5, 0.6) is 0 Å². The Morgan fingerprint density at radius 1 is 1.15 bits per heavy atom. The van der Waals surface area contributed by atoms with E-state index in [4.69, 9.17) is 0 Å². The molecule has 0 aliphatic heterocycles. The van der Waals surface area contributed by atoms with Crippen LogP contribution in [-0.2, 0) is 0 Å². The summed E-state index contributed by atoms with van der Waals surface area (Å²) < 4.78 is 0. The maximum absolute atomic E-state index is 4.11. The molecule has 0 bridgehead atoms. The summed E-state index contributed by atoms with van der Waals surface area (Å²) in [4.78, 5) is 2.40. The van der Waals surface area contributed by atoms with Crippen LogP contribution in [0.25, 0.3) is 0 Å². The molecule has 1 heteroatoms. The van der Waals surface area contributed by atoms with Crippen LogP contribution < -0.4 is 0 Å². The molecule has 0 fully saturated rings. The molecule has 1 atom stereocenters. The largest absolute Gasteiger partial charge is 0.301 e. The summed E-state index contributed by atoms with van der Waals surface area (Å²) in [5, 5.41) is 0. The van der Waals surface area contributed by atoms with E-state index in [0.29, 0.717) is 18.0 Å². The Morgan fingerprint density at radius 3 is 1.92 bits per heavy atom. The lowest BCUT2D eigenvalue weighted by Crippen LogP contribution is -2.35. The van der Waals surface area contributed by atoms with E-state index < -0.39 is 0 Å². The van der Waals surface area contributed by atoms with Gasteiger partial charge in [-0.2, -0.15) is 0 Å². The molecule has 13 heavy (non-hydrogen) atoms. The zero-order valence-corrected chi connectivity index (χ0v) is 10.1. The molecule has 0 spiro atoms. The van der Waals surface area contributed by atoms with Gasteiger partial charge < -0.3 is 4.90 Å². The summed E-state index contributed by atoms with van der Waals surface area (Å²) in [5.41, 5.74) is 1.36. The molecule has 1 nitrogen and oxygen atoms in total. The fraction of sp³-hybridized carbons (Fsp3) is 0.833. The first-order valence-electron chi connectivity index (χ1n) is 5.25. The molecule has 0 aliphatic carbocycles. The second kappa shape index (κ2) is 5.43. The molecule has 0 saturated heterocycles. The number of hydrogen-bond acceptors (Lipinski definition) is 1. The maximum atomic E-state index is 4.11. The Hall–Kier alpha value is -0.300.